The van der Waals surface area contributed by atoms with Gasteiger partial charge in [-0.05, 0) is 23.0 Å². The van der Waals surface area contributed by atoms with Crippen molar-refractivity contribution in [3.63, 3.8) is 0 Å². The molecule has 0 saturated carbocycles. The van der Waals surface area contributed by atoms with Crippen LogP contribution in [-0.2, 0) is 32.7 Å². The van der Waals surface area contributed by atoms with Gasteiger partial charge in [0.05, 0.1) is 0 Å². The molecule has 242 valence electrons. The van der Waals surface area contributed by atoms with Crippen LogP contribution < -0.4 is 0 Å². The third-order valence-electron chi connectivity index (χ3n) is 7.35. The van der Waals surface area contributed by atoms with Crippen molar-refractivity contribution in [3.8, 4) is 11.1 Å². The molecule has 0 aliphatic heterocycles. The molecule has 0 bridgehead atoms. The number of halogens is 2. The van der Waals surface area contributed by atoms with Crippen molar-refractivity contribution in [2.75, 3.05) is 0 Å². The number of aryl methyl sites for hydroxylation is 1. The molecule has 6 rings (SSSR count). The number of benzene rings is 4. The number of rotatable bonds is 6. The number of unbranched alkanes of at least 4 members (excludes halogenated alkanes) is 3. The van der Waals surface area contributed by atoms with Crippen LogP contribution in [0.1, 0.15) is 64.5 Å². The fourth-order valence-electron chi connectivity index (χ4n) is 5.01. The van der Waals surface area contributed by atoms with Gasteiger partial charge in [0.15, 0.2) is 0 Å². The average Bonchev–Trinajstić information content (AvgIpc) is 3.72. The molecule has 4 heteroatoms. The van der Waals surface area contributed by atoms with Crippen molar-refractivity contribution in [2.45, 2.75) is 78.3 Å². The maximum atomic E-state index is 4.93. The summed E-state index contributed by atoms with van der Waals surface area (Å²) in [7, 11) is 11.0. The third-order valence-corrected chi connectivity index (χ3v) is 7.35. The molecule has 0 fully saturated rings. The molecular weight excluding hydrogens is 695 g/mol. The fourth-order valence-corrected chi connectivity index (χ4v) is 5.01. The van der Waals surface area contributed by atoms with E-state index in [4.69, 9.17) is 17.0 Å². The van der Waals surface area contributed by atoms with Gasteiger partial charge in [-0.2, -0.15) is 60.0 Å². The van der Waals surface area contributed by atoms with Gasteiger partial charge in [0.2, 0.25) is 0 Å². The summed E-state index contributed by atoms with van der Waals surface area (Å²) in [6.07, 6.45) is 6.51. The van der Waals surface area contributed by atoms with Crippen molar-refractivity contribution in [1.29, 1.82) is 0 Å². The second kappa shape index (κ2) is 23.2. The first kappa shape index (κ1) is 40.0. The number of hydrogen-bond donors (Lipinski definition) is 0. The van der Waals surface area contributed by atoms with Gasteiger partial charge in [0.1, 0.15) is 0 Å². The maximum absolute atomic E-state index is 4.93. The molecule has 0 heterocycles. The van der Waals surface area contributed by atoms with Crippen LogP contribution in [-0.4, -0.2) is 9.52 Å². The van der Waals surface area contributed by atoms with Gasteiger partial charge in [-0.1, -0.05) is 108 Å². The van der Waals surface area contributed by atoms with E-state index in [0.717, 1.165) is 9.52 Å². The van der Waals surface area contributed by atoms with E-state index >= 15 is 0 Å². The Hall–Kier alpha value is -2.22. The smallest absolute Gasteiger partial charge is 0.0809 e. The summed E-state index contributed by atoms with van der Waals surface area (Å²) in [6.45, 7) is 13.4. The molecule has 0 atom stereocenters. The summed E-state index contributed by atoms with van der Waals surface area (Å²) >= 11 is -0.826. The Morgan fingerprint density at radius 3 is 1.98 bits per heavy atom. The molecule has 0 aliphatic rings. The Morgan fingerprint density at radius 1 is 0.761 bits per heavy atom. The van der Waals surface area contributed by atoms with Crippen LogP contribution in [0.5, 0.6) is 0 Å². The molecule has 6 aromatic rings. The van der Waals surface area contributed by atoms with Gasteiger partial charge in [-0.3, -0.25) is 0 Å². The Labute approximate surface area is 300 Å². The van der Waals surface area contributed by atoms with Gasteiger partial charge in [-0.25, -0.2) is 0 Å². The molecule has 6 aromatic carbocycles. The van der Waals surface area contributed by atoms with Gasteiger partial charge >= 0.3 is 37.9 Å². The van der Waals surface area contributed by atoms with E-state index in [2.05, 4.69) is 144 Å². The predicted octanol–water partition coefficient (Wildman–Crippen LogP) is 13.9. The first-order valence-corrected chi connectivity index (χ1v) is 24.5. The molecule has 0 amide bonds. The summed E-state index contributed by atoms with van der Waals surface area (Å²) in [6, 6.07) is 47.8. The average molecular weight is 744 g/mol. The second-order valence-electron chi connectivity index (χ2n) is 12.1. The van der Waals surface area contributed by atoms with Crippen molar-refractivity contribution in [3.05, 3.63) is 145 Å². The van der Waals surface area contributed by atoms with Gasteiger partial charge < -0.3 is 0 Å². The van der Waals surface area contributed by atoms with E-state index in [1.54, 1.807) is 0 Å². The van der Waals surface area contributed by atoms with Crippen LogP contribution in [0.3, 0.4) is 0 Å². The SMILES string of the molecule is CCCCCCc1cc2c(-c3ccc(C(C)(C)C)cc3)cccc2[cH-]1.C[Si]C.[Cl][Zr][Cl].[c-]1ccccc1.c1ccc2[cH-]ccc2c1. The minimum Gasteiger partial charge on any atom is -0.184 e. The number of fused-ring (bicyclic) bond motifs is 2. The zero-order valence-electron chi connectivity index (χ0n) is 28.4. The summed E-state index contributed by atoms with van der Waals surface area (Å²) in [4.78, 5) is 0. The molecule has 0 aromatic heterocycles. The molecule has 0 aliphatic carbocycles. The first-order valence-electron chi connectivity index (χ1n) is 16.1. The number of hydrogen-bond acceptors (Lipinski definition) is 0. The molecular formula is C42H49Cl2SiZr-3. The minimum atomic E-state index is -0.826. The van der Waals surface area contributed by atoms with Crippen molar-refractivity contribution >= 4 is 48.1 Å². The van der Waals surface area contributed by atoms with Gasteiger partial charge in [-0.15, -0.1) is 64.2 Å². The monoisotopic (exact) mass is 741 g/mol. The minimum absolute atomic E-state index is 0.205. The van der Waals surface area contributed by atoms with Gasteiger partial charge in [0.25, 0.3) is 0 Å². The second-order valence-corrected chi connectivity index (χ2v) is 16.8. The molecule has 46 heavy (non-hydrogen) atoms. The zero-order valence-corrected chi connectivity index (χ0v) is 33.4. The van der Waals surface area contributed by atoms with E-state index in [1.807, 2.05) is 30.3 Å². The standard InChI is InChI=1S/C25H31.C9H7.C6H5.C2H6Si.2ClH.Zr/c1-5-6-7-8-10-19-17-21-11-9-12-23(24(21)18-19)20-13-15-22(16-14-20)25(2,3)4;1-2-5-9-7-3-6-8(9)4-1;1-2-4-6-5-3-1;1-3-2;;;/h9,11-18H,5-8,10H2,1-4H3;1-7H;1-5H;1-2H3;2*1H;/q3*-1;;;;+2/p-2. The van der Waals surface area contributed by atoms with Crippen LogP contribution in [0.4, 0.5) is 0 Å². The fraction of sp³-hybridized carbons (Fsp3) is 0.286. The van der Waals surface area contributed by atoms with E-state index < -0.39 is 20.8 Å². The van der Waals surface area contributed by atoms with Crippen molar-refractivity contribution in [1.82, 2.24) is 0 Å². The van der Waals surface area contributed by atoms with Crippen LogP contribution >= 0.6 is 17.0 Å². The summed E-state index contributed by atoms with van der Waals surface area (Å²) < 4.78 is 0. The molecule has 0 saturated heterocycles. The quantitative estimate of drug-likeness (QED) is 0.0905. The van der Waals surface area contributed by atoms with E-state index in [1.165, 1.54) is 75.9 Å². The summed E-state index contributed by atoms with van der Waals surface area (Å²) in [5.74, 6) is 0. The Bertz CT molecular complexity index is 1540. The predicted molar refractivity (Wildman–Crippen MR) is 206 cm³/mol. The maximum Gasteiger partial charge on any atom is -0.0809 e. The van der Waals surface area contributed by atoms with Crippen LogP contribution in [0.15, 0.2) is 127 Å². The summed E-state index contributed by atoms with van der Waals surface area (Å²) in [5, 5.41) is 5.44. The first-order chi connectivity index (χ1) is 22.3. The van der Waals surface area contributed by atoms with Crippen LogP contribution in [0.25, 0.3) is 32.7 Å². The Kier molecular flexibility index (Phi) is 20.1. The molecule has 2 radical (unpaired) electrons. The largest absolute Gasteiger partial charge is 0.184 e. The Morgan fingerprint density at radius 2 is 1.41 bits per heavy atom. The Balaban J connectivity index is 0.000000282. The van der Waals surface area contributed by atoms with Crippen molar-refractivity contribution < 1.29 is 20.8 Å². The van der Waals surface area contributed by atoms with Crippen molar-refractivity contribution in [2.24, 2.45) is 0 Å². The molecule has 0 unspecified atom stereocenters. The normalized spacial score (nSPS) is 10.3. The van der Waals surface area contributed by atoms with Crippen LogP contribution in [0.2, 0.25) is 13.1 Å². The van der Waals surface area contributed by atoms with E-state index in [9.17, 15) is 0 Å². The van der Waals surface area contributed by atoms with E-state index in [-0.39, 0.29) is 5.41 Å². The van der Waals surface area contributed by atoms with E-state index in [0.29, 0.717) is 0 Å². The van der Waals surface area contributed by atoms with Crippen LogP contribution in [0, 0.1) is 6.07 Å². The zero-order chi connectivity index (χ0) is 33.6. The van der Waals surface area contributed by atoms with Gasteiger partial charge in [0, 0.05) is 9.52 Å². The molecule has 0 nitrogen and oxygen atoms in total. The molecule has 0 spiro atoms. The third kappa shape index (κ3) is 14.7. The topological polar surface area (TPSA) is 0 Å². The summed E-state index contributed by atoms with van der Waals surface area (Å²) in [5.41, 5.74) is 5.77. The molecule has 0 N–H and O–H groups in total.